The summed E-state index contributed by atoms with van der Waals surface area (Å²) in [5.41, 5.74) is 5.59. The lowest BCUT2D eigenvalue weighted by Crippen LogP contribution is -2.56. The van der Waals surface area contributed by atoms with E-state index in [1.807, 2.05) is 34.7 Å². The van der Waals surface area contributed by atoms with Crippen molar-refractivity contribution in [2.75, 3.05) is 38.2 Å². The molecule has 5 rings (SSSR count). The molecule has 1 saturated heterocycles. The number of aromatic nitrogens is 4. The largest absolute Gasteiger partial charge is 0.350 e. The Morgan fingerprint density at radius 3 is 2.70 bits per heavy atom. The van der Waals surface area contributed by atoms with Gasteiger partial charge in [-0.05, 0) is 56.1 Å². The van der Waals surface area contributed by atoms with Crippen LogP contribution in [0.3, 0.4) is 0 Å². The molecule has 1 fully saturated rings. The second kappa shape index (κ2) is 12.1. The summed E-state index contributed by atoms with van der Waals surface area (Å²) in [4.78, 5) is 45.8. The van der Waals surface area contributed by atoms with Gasteiger partial charge in [-0.25, -0.2) is 20.0 Å². The standard InChI is InChI=1S/C28H34N8O3S/c1-5-34(6-2)18(3)16-29-27(37)19-14-22(31-25(15-19)35-11-10-23(35)28(38)33-39-4)20-17-30-36-12-9-21(32-26(20)36)24-8-7-13-40-24/h7-9,12-15,17-18,23H,5-6,10-11,16H2,1-4H3,(H,29,37)(H,33,38). The highest BCUT2D eigenvalue weighted by Gasteiger charge is 2.36. The number of nitrogens with zero attached hydrogens (tertiary/aromatic N) is 6. The molecule has 0 aromatic carbocycles. The van der Waals surface area contributed by atoms with Gasteiger partial charge in [-0.1, -0.05) is 19.9 Å². The molecule has 2 unspecified atom stereocenters. The second-order valence-electron chi connectivity index (χ2n) is 9.66. The number of pyridine rings is 1. The Morgan fingerprint density at radius 2 is 2.02 bits per heavy atom. The summed E-state index contributed by atoms with van der Waals surface area (Å²) in [5, 5.41) is 9.58. The molecule has 2 N–H and O–H groups in total. The van der Waals surface area contributed by atoms with Crippen LogP contribution in [0.25, 0.3) is 27.5 Å². The second-order valence-corrected chi connectivity index (χ2v) is 10.6. The molecular formula is C28H34N8O3S. The van der Waals surface area contributed by atoms with Crippen molar-refractivity contribution >= 4 is 34.6 Å². The van der Waals surface area contributed by atoms with Gasteiger partial charge in [0.25, 0.3) is 11.8 Å². The van der Waals surface area contributed by atoms with Crippen LogP contribution < -0.4 is 15.7 Å². The predicted molar refractivity (Wildman–Crippen MR) is 155 cm³/mol. The third-order valence-corrected chi connectivity index (χ3v) is 8.20. The van der Waals surface area contributed by atoms with Crippen LogP contribution in [-0.4, -0.2) is 81.7 Å². The number of fused-ring (bicyclic) bond motifs is 1. The predicted octanol–water partition coefficient (Wildman–Crippen LogP) is 3.24. The van der Waals surface area contributed by atoms with Crippen molar-refractivity contribution in [3.8, 4) is 21.8 Å². The van der Waals surface area contributed by atoms with Crippen LogP contribution in [-0.2, 0) is 9.63 Å². The van der Waals surface area contributed by atoms with Gasteiger partial charge in [-0.15, -0.1) is 11.3 Å². The lowest BCUT2D eigenvalue weighted by molar-refractivity contribution is -0.134. The molecule has 210 valence electrons. The van der Waals surface area contributed by atoms with Crippen molar-refractivity contribution < 1.29 is 14.4 Å². The molecule has 1 aliphatic heterocycles. The monoisotopic (exact) mass is 562 g/mol. The lowest BCUT2D eigenvalue weighted by Gasteiger charge is -2.40. The van der Waals surface area contributed by atoms with Gasteiger partial charge in [-0.3, -0.25) is 19.3 Å². The number of carbonyl (C=O) groups is 2. The molecule has 4 aromatic heterocycles. The highest BCUT2D eigenvalue weighted by atomic mass is 32.1. The van der Waals surface area contributed by atoms with Gasteiger partial charge in [0.1, 0.15) is 11.9 Å². The number of rotatable bonds is 11. The molecule has 40 heavy (non-hydrogen) atoms. The Labute approximate surface area is 237 Å². The van der Waals surface area contributed by atoms with E-state index in [1.54, 1.807) is 34.2 Å². The summed E-state index contributed by atoms with van der Waals surface area (Å²) in [7, 11) is 1.41. The van der Waals surface area contributed by atoms with Crippen LogP contribution >= 0.6 is 11.3 Å². The van der Waals surface area contributed by atoms with E-state index in [9.17, 15) is 9.59 Å². The van der Waals surface area contributed by atoms with Crippen LogP contribution in [0.4, 0.5) is 5.82 Å². The number of anilines is 1. The van der Waals surface area contributed by atoms with Crippen molar-refractivity contribution in [1.29, 1.82) is 0 Å². The van der Waals surface area contributed by atoms with Gasteiger partial charge in [0.15, 0.2) is 5.65 Å². The number of hydrogen-bond donors (Lipinski definition) is 2. The molecule has 4 aromatic rings. The summed E-state index contributed by atoms with van der Waals surface area (Å²) in [6.45, 7) is 9.29. The van der Waals surface area contributed by atoms with E-state index in [4.69, 9.17) is 14.8 Å². The molecule has 12 heteroatoms. The average Bonchev–Trinajstić information content (AvgIpc) is 3.62. The zero-order valence-electron chi connectivity index (χ0n) is 23.1. The highest BCUT2D eigenvalue weighted by molar-refractivity contribution is 7.13. The maximum Gasteiger partial charge on any atom is 0.266 e. The van der Waals surface area contributed by atoms with Crippen molar-refractivity contribution in [3.05, 3.63) is 53.7 Å². The van der Waals surface area contributed by atoms with Crippen LogP contribution in [0.2, 0.25) is 0 Å². The molecule has 0 spiro atoms. The molecule has 0 saturated carbocycles. The summed E-state index contributed by atoms with van der Waals surface area (Å²) in [6.07, 6.45) is 4.24. The topological polar surface area (TPSA) is 117 Å². The number of hydrogen-bond acceptors (Lipinski definition) is 9. The third kappa shape index (κ3) is 5.55. The molecule has 11 nitrogen and oxygen atoms in total. The Kier molecular flexibility index (Phi) is 8.38. The van der Waals surface area contributed by atoms with Crippen molar-refractivity contribution in [1.82, 2.24) is 35.3 Å². The van der Waals surface area contributed by atoms with E-state index < -0.39 is 6.04 Å². The van der Waals surface area contributed by atoms with Gasteiger partial charge in [0, 0.05) is 30.9 Å². The van der Waals surface area contributed by atoms with Crippen molar-refractivity contribution in [3.63, 3.8) is 0 Å². The summed E-state index contributed by atoms with van der Waals surface area (Å²) in [5.74, 6) is 0.0833. The molecule has 1 aliphatic rings. The lowest BCUT2D eigenvalue weighted by atomic mass is 10.0. The zero-order chi connectivity index (χ0) is 28.2. The number of nitrogens with one attached hydrogen (secondary N) is 2. The van der Waals surface area contributed by atoms with E-state index in [0.717, 1.165) is 23.7 Å². The van der Waals surface area contributed by atoms with Crippen LogP contribution in [0.15, 0.2) is 48.1 Å². The molecule has 0 radical (unpaired) electrons. The smallest absolute Gasteiger partial charge is 0.266 e. The van der Waals surface area contributed by atoms with Crippen LogP contribution in [0.1, 0.15) is 37.6 Å². The summed E-state index contributed by atoms with van der Waals surface area (Å²) >= 11 is 1.61. The maximum atomic E-state index is 13.4. The average molecular weight is 563 g/mol. The first kappa shape index (κ1) is 27.7. The minimum Gasteiger partial charge on any atom is -0.350 e. The maximum absolute atomic E-state index is 13.4. The first-order valence-corrected chi connectivity index (χ1v) is 14.3. The fourth-order valence-corrected chi connectivity index (χ4v) is 5.66. The number of thiophene rings is 1. The Hall–Kier alpha value is -3.87. The summed E-state index contributed by atoms with van der Waals surface area (Å²) in [6, 6.07) is 9.20. The fourth-order valence-electron chi connectivity index (χ4n) is 4.96. The van der Waals surface area contributed by atoms with E-state index in [1.165, 1.54) is 7.11 Å². The van der Waals surface area contributed by atoms with Gasteiger partial charge in [0.05, 0.1) is 35.1 Å². The number of likely N-dealkylation sites (N-methyl/N-ethyl adjacent to an activating group) is 1. The van der Waals surface area contributed by atoms with Crippen molar-refractivity contribution in [2.24, 2.45) is 0 Å². The van der Waals surface area contributed by atoms with E-state index in [2.05, 4.69) is 41.6 Å². The zero-order valence-corrected chi connectivity index (χ0v) is 23.9. The van der Waals surface area contributed by atoms with Crippen LogP contribution in [0.5, 0.6) is 0 Å². The van der Waals surface area contributed by atoms with Crippen molar-refractivity contribution in [2.45, 2.75) is 39.3 Å². The Morgan fingerprint density at radius 1 is 1.20 bits per heavy atom. The molecule has 0 bridgehead atoms. The van der Waals surface area contributed by atoms with Gasteiger partial charge < -0.3 is 10.2 Å². The third-order valence-electron chi connectivity index (χ3n) is 7.31. The molecular weight excluding hydrogens is 528 g/mol. The van der Waals surface area contributed by atoms with E-state index in [0.29, 0.717) is 47.8 Å². The molecule has 0 aliphatic carbocycles. The van der Waals surface area contributed by atoms with Gasteiger partial charge in [-0.2, -0.15) is 5.10 Å². The molecule has 2 amide bonds. The quantitative estimate of drug-likeness (QED) is 0.268. The van der Waals surface area contributed by atoms with Gasteiger partial charge in [0.2, 0.25) is 0 Å². The number of amides is 2. The number of hydroxylamine groups is 1. The Bertz CT molecular complexity index is 1480. The fraction of sp³-hybridized carbons (Fsp3) is 0.393. The molecule has 5 heterocycles. The van der Waals surface area contributed by atoms with Crippen LogP contribution in [0, 0.1) is 0 Å². The normalized spacial score (nSPS) is 15.7. The number of carbonyl (C=O) groups excluding carboxylic acids is 2. The minimum atomic E-state index is -0.436. The first-order chi connectivity index (χ1) is 19.4. The van der Waals surface area contributed by atoms with Gasteiger partial charge >= 0.3 is 0 Å². The highest BCUT2D eigenvalue weighted by Crippen LogP contribution is 2.31. The molecule has 2 atom stereocenters. The summed E-state index contributed by atoms with van der Waals surface area (Å²) < 4.78 is 1.70. The van der Waals surface area contributed by atoms with E-state index in [-0.39, 0.29) is 17.9 Å². The van der Waals surface area contributed by atoms with E-state index >= 15 is 0 Å². The Balaban J connectivity index is 1.52. The minimum absolute atomic E-state index is 0.191. The SMILES string of the molecule is CCN(CC)C(C)CNC(=O)c1cc(-c2cnn3ccc(-c4cccs4)nc23)nc(N2CCC2C(=O)NOC)c1. The first-order valence-electron chi connectivity index (χ1n) is 13.5.